The summed E-state index contributed by atoms with van der Waals surface area (Å²) in [5.74, 6) is -1.77. The fraction of sp³-hybridized carbons (Fsp3) is 0.125. The molecule has 0 saturated heterocycles. The lowest BCUT2D eigenvalue weighted by atomic mass is 10.2. The molecule has 0 spiro atoms. The van der Waals surface area contributed by atoms with Gasteiger partial charge in [0.25, 0.3) is 5.91 Å². The van der Waals surface area contributed by atoms with Gasteiger partial charge in [-0.25, -0.2) is 4.39 Å². The molecule has 0 atom stereocenters. The molecular formula is C16H12Cl2FNO3. The van der Waals surface area contributed by atoms with Gasteiger partial charge in [-0.1, -0.05) is 35.3 Å². The highest BCUT2D eigenvalue weighted by Gasteiger charge is 2.12. The van der Waals surface area contributed by atoms with Crippen LogP contribution in [-0.4, -0.2) is 18.4 Å². The van der Waals surface area contributed by atoms with Crippen molar-refractivity contribution < 1.29 is 18.7 Å². The van der Waals surface area contributed by atoms with Gasteiger partial charge in [0.05, 0.1) is 0 Å². The van der Waals surface area contributed by atoms with E-state index in [-0.39, 0.29) is 18.7 Å². The molecule has 1 amide bonds. The SMILES string of the molecule is O=C(CNC(=O)c1cccc(F)c1)OCc1c(Cl)cccc1Cl. The van der Waals surface area contributed by atoms with E-state index in [1.54, 1.807) is 18.2 Å². The summed E-state index contributed by atoms with van der Waals surface area (Å²) < 4.78 is 18.0. The Morgan fingerprint density at radius 2 is 1.74 bits per heavy atom. The van der Waals surface area contributed by atoms with Crippen LogP contribution in [0.2, 0.25) is 10.0 Å². The summed E-state index contributed by atoms with van der Waals surface area (Å²) in [5, 5.41) is 3.11. The Bertz CT molecular complexity index is 717. The van der Waals surface area contributed by atoms with Crippen LogP contribution in [0.4, 0.5) is 4.39 Å². The van der Waals surface area contributed by atoms with Gasteiger partial charge in [0.15, 0.2) is 0 Å². The molecule has 4 nitrogen and oxygen atoms in total. The first-order valence-electron chi connectivity index (χ1n) is 6.59. The first kappa shape index (κ1) is 17.2. The number of carbonyl (C=O) groups is 2. The maximum Gasteiger partial charge on any atom is 0.325 e. The molecule has 0 fully saturated rings. The highest BCUT2D eigenvalue weighted by Crippen LogP contribution is 2.24. The van der Waals surface area contributed by atoms with E-state index in [1.165, 1.54) is 18.2 Å². The summed E-state index contributed by atoms with van der Waals surface area (Å²) in [4.78, 5) is 23.4. The molecule has 0 aliphatic carbocycles. The van der Waals surface area contributed by atoms with Crippen molar-refractivity contribution in [3.8, 4) is 0 Å². The molecule has 0 saturated carbocycles. The van der Waals surface area contributed by atoms with Crippen molar-refractivity contribution >= 4 is 35.1 Å². The van der Waals surface area contributed by atoms with Crippen LogP contribution >= 0.6 is 23.2 Å². The number of rotatable bonds is 5. The van der Waals surface area contributed by atoms with Gasteiger partial charge in [-0.3, -0.25) is 9.59 Å². The average molecular weight is 356 g/mol. The minimum Gasteiger partial charge on any atom is -0.459 e. The average Bonchev–Trinajstić information content (AvgIpc) is 2.52. The zero-order valence-electron chi connectivity index (χ0n) is 11.8. The van der Waals surface area contributed by atoms with Crippen LogP contribution in [0.3, 0.4) is 0 Å². The van der Waals surface area contributed by atoms with Crippen LogP contribution in [-0.2, 0) is 16.1 Å². The molecule has 1 N–H and O–H groups in total. The molecule has 0 bridgehead atoms. The minimum atomic E-state index is -0.661. The minimum absolute atomic E-state index is 0.104. The third-order valence-corrected chi connectivity index (χ3v) is 3.63. The molecule has 2 aromatic carbocycles. The van der Waals surface area contributed by atoms with Crippen molar-refractivity contribution in [1.29, 1.82) is 0 Å². The smallest absolute Gasteiger partial charge is 0.325 e. The van der Waals surface area contributed by atoms with Gasteiger partial charge in [0.2, 0.25) is 0 Å². The van der Waals surface area contributed by atoms with E-state index in [9.17, 15) is 14.0 Å². The zero-order valence-corrected chi connectivity index (χ0v) is 13.3. The summed E-state index contributed by atoms with van der Waals surface area (Å²) in [7, 11) is 0. The number of hydrogen-bond acceptors (Lipinski definition) is 3. The molecule has 0 aliphatic heterocycles. The summed E-state index contributed by atoms with van der Waals surface area (Å²) in [6, 6.07) is 10.1. The van der Waals surface area contributed by atoms with E-state index in [0.717, 1.165) is 6.07 Å². The molecule has 0 aromatic heterocycles. The van der Waals surface area contributed by atoms with Gasteiger partial charge in [0, 0.05) is 21.2 Å². The topological polar surface area (TPSA) is 55.4 Å². The number of carbonyl (C=O) groups excluding carboxylic acids is 2. The fourth-order valence-electron chi connectivity index (χ4n) is 1.76. The normalized spacial score (nSPS) is 10.2. The van der Waals surface area contributed by atoms with Crippen molar-refractivity contribution in [2.45, 2.75) is 6.61 Å². The van der Waals surface area contributed by atoms with Crippen molar-refractivity contribution in [2.24, 2.45) is 0 Å². The maximum atomic E-state index is 13.0. The highest BCUT2D eigenvalue weighted by molar-refractivity contribution is 6.35. The Labute approximate surface area is 142 Å². The third kappa shape index (κ3) is 4.94. The Kier molecular flexibility index (Phi) is 5.96. The summed E-state index contributed by atoms with van der Waals surface area (Å²) >= 11 is 11.9. The van der Waals surface area contributed by atoms with Gasteiger partial charge >= 0.3 is 5.97 Å². The molecule has 0 radical (unpaired) electrons. The van der Waals surface area contributed by atoms with Crippen LogP contribution in [0.25, 0.3) is 0 Å². The Morgan fingerprint density at radius 3 is 2.39 bits per heavy atom. The second-order valence-corrected chi connectivity index (χ2v) is 5.37. The lowest BCUT2D eigenvalue weighted by Crippen LogP contribution is -2.30. The Balaban J connectivity index is 1.85. The van der Waals surface area contributed by atoms with Crippen LogP contribution in [0.15, 0.2) is 42.5 Å². The summed E-state index contributed by atoms with van der Waals surface area (Å²) in [5.41, 5.74) is 0.604. The number of hydrogen-bond donors (Lipinski definition) is 1. The molecule has 7 heteroatoms. The molecule has 0 unspecified atom stereocenters. The quantitative estimate of drug-likeness (QED) is 0.833. The second kappa shape index (κ2) is 7.94. The molecule has 2 rings (SSSR count). The van der Waals surface area contributed by atoms with Crippen LogP contribution in [0, 0.1) is 5.82 Å². The number of amides is 1. The number of ether oxygens (including phenoxy) is 1. The third-order valence-electron chi connectivity index (χ3n) is 2.92. The molecule has 0 aliphatic rings. The Hall–Kier alpha value is -2.11. The van der Waals surface area contributed by atoms with E-state index in [1.807, 2.05) is 0 Å². The van der Waals surface area contributed by atoms with E-state index in [2.05, 4.69) is 5.32 Å². The van der Waals surface area contributed by atoms with E-state index in [0.29, 0.717) is 15.6 Å². The van der Waals surface area contributed by atoms with Gasteiger partial charge in [-0.15, -0.1) is 0 Å². The molecule has 23 heavy (non-hydrogen) atoms. The maximum absolute atomic E-state index is 13.0. The molecular weight excluding hydrogens is 344 g/mol. The van der Waals surface area contributed by atoms with Crippen LogP contribution in [0.1, 0.15) is 15.9 Å². The van der Waals surface area contributed by atoms with Crippen molar-refractivity contribution in [3.63, 3.8) is 0 Å². The number of halogens is 3. The van der Waals surface area contributed by atoms with Crippen LogP contribution in [0.5, 0.6) is 0 Å². The number of nitrogens with one attached hydrogen (secondary N) is 1. The fourth-order valence-corrected chi connectivity index (χ4v) is 2.26. The lowest BCUT2D eigenvalue weighted by molar-refractivity contribution is -0.143. The van der Waals surface area contributed by atoms with Crippen LogP contribution < -0.4 is 5.32 Å². The summed E-state index contributed by atoms with van der Waals surface area (Å²) in [6.07, 6.45) is 0. The molecule has 0 heterocycles. The standard InChI is InChI=1S/C16H12Cl2FNO3/c17-13-5-2-6-14(18)12(13)9-23-15(21)8-20-16(22)10-3-1-4-11(19)7-10/h1-7H,8-9H2,(H,20,22). The first-order valence-corrected chi connectivity index (χ1v) is 7.35. The van der Waals surface area contributed by atoms with Gasteiger partial charge in [-0.05, 0) is 30.3 Å². The highest BCUT2D eigenvalue weighted by atomic mass is 35.5. The van der Waals surface area contributed by atoms with Crippen molar-refractivity contribution in [2.75, 3.05) is 6.54 Å². The molecule has 120 valence electrons. The molecule has 2 aromatic rings. The van der Waals surface area contributed by atoms with Crippen molar-refractivity contribution in [1.82, 2.24) is 5.32 Å². The largest absolute Gasteiger partial charge is 0.459 e. The zero-order chi connectivity index (χ0) is 16.8. The van der Waals surface area contributed by atoms with Crippen molar-refractivity contribution in [3.05, 3.63) is 69.5 Å². The van der Waals surface area contributed by atoms with E-state index in [4.69, 9.17) is 27.9 Å². The van der Waals surface area contributed by atoms with Gasteiger partial charge in [0.1, 0.15) is 19.0 Å². The predicted molar refractivity (Wildman–Crippen MR) is 85.0 cm³/mol. The van der Waals surface area contributed by atoms with Gasteiger partial charge < -0.3 is 10.1 Å². The lowest BCUT2D eigenvalue weighted by Gasteiger charge is -2.09. The summed E-state index contributed by atoms with van der Waals surface area (Å²) in [6.45, 7) is -0.454. The predicted octanol–water partition coefficient (Wildman–Crippen LogP) is 3.61. The Morgan fingerprint density at radius 1 is 1.09 bits per heavy atom. The van der Waals surface area contributed by atoms with E-state index < -0.39 is 17.7 Å². The van der Waals surface area contributed by atoms with E-state index >= 15 is 0 Å². The number of esters is 1. The first-order chi connectivity index (χ1) is 11.0. The number of benzene rings is 2. The van der Waals surface area contributed by atoms with Gasteiger partial charge in [-0.2, -0.15) is 0 Å². The monoisotopic (exact) mass is 355 g/mol. The second-order valence-electron chi connectivity index (χ2n) is 4.55.